The summed E-state index contributed by atoms with van der Waals surface area (Å²) in [5.74, 6) is -0.407. The van der Waals surface area contributed by atoms with Gasteiger partial charge in [-0.1, -0.05) is 71.7 Å². The van der Waals surface area contributed by atoms with Crippen molar-refractivity contribution < 1.29 is 24.0 Å². The van der Waals surface area contributed by atoms with E-state index in [4.69, 9.17) is 32.7 Å². The van der Waals surface area contributed by atoms with E-state index < -0.39 is 29.1 Å². The number of nitrogens with zero attached hydrogens (tertiary/aromatic N) is 4. The zero-order valence-electron chi connectivity index (χ0n) is 25.4. The third kappa shape index (κ3) is 8.69. The van der Waals surface area contributed by atoms with Crippen LogP contribution < -0.4 is 0 Å². The first-order chi connectivity index (χ1) is 21.4. The number of halogens is 2. The first-order valence-corrected chi connectivity index (χ1v) is 15.1. The van der Waals surface area contributed by atoms with Crippen molar-refractivity contribution in [3.05, 3.63) is 121 Å². The lowest BCUT2D eigenvalue weighted by Gasteiger charge is -2.35. The maximum atomic E-state index is 13.8. The summed E-state index contributed by atoms with van der Waals surface area (Å²) in [6.45, 7) is 8.13. The van der Waals surface area contributed by atoms with Crippen LogP contribution in [0.15, 0.2) is 89.1 Å². The summed E-state index contributed by atoms with van der Waals surface area (Å²) in [6, 6.07) is 20.0. The lowest BCUT2D eigenvalue weighted by molar-refractivity contribution is -0.384. The number of esters is 1. The number of carbonyl (C=O) groups excluding carboxylic acids is 2. The predicted octanol–water partition coefficient (Wildman–Crippen LogP) is 7.74. The molecule has 4 rings (SSSR count). The van der Waals surface area contributed by atoms with Gasteiger partial charge in [-0.05, 0) is 56.5 Å². The van der Waals surface area contributed by atoms with Crippen LogP contribution in [-0.2, 0) is 27.4 Å². The molecule has 10 nitrogen and oxygen atoms in total. The molecule has 45 heavy (non-hydrogen) atoms. The molecule has 236 valence electrons. The Labute approximate surface area is 272 Å². The van der Waals surface area contributed by atoms with Gasteiger partial charge in [-0.3, -0.25) is 19.9 Å². The van der Waals surface area contributed by atoms with E-state index in [0.29, 0.717) is 40.9 Å². The highest BCUT2D eigenvalue weighted by Gasteiger charge is 2.40. The lowest BCUT2D eigenvalue weighted by atomic mass is 9.93. The van der Waals surface area contributed by atoms with Gasteiger partial charge in [0.2, 0.25) is 0 Å². The summed E-state index contributed by atoms with van der Waals surface area (Å²) in [4.78, 5) is 45.9. The smallest absolute Gasteiger partial charge is 0.416 e. The summed E-state index contributed by atoms with van der Waals surface area (Å²) >= 11 is 12.4. The fourth-order valence-electron chi connectivity index (χ4n) is 5.05. The van der Waals surface area contributed by atoms with Gasteiger partial charge in [0.1, 0.15) is 18.5 Å². The fourth-order valence-corrected chi connectivity index (χ4v) is 5.37. The number of benzene rings is 3. The van der Waals surface area contributed by atoms with Gasteiger partial charge in [0.25, 0.3) is 5.69 Å². The Morgan fingerprint density at radius 1 is 0.978 bits per heavy atom. The number of ether oxygens (including phenoxy) is 2. The van der Waals surface area contributed by atoms with Crippen LogP contribution >= 0.6 is 23.2 Å². The molecule has 0 saturated carbocycles. The standard InChI is InChI=1S/C33H34Cl2N4O6/c1-21(2)45-32(40)30-22(3)36-23(4)38(31(30)26-11-8-12-27(18-26)39(42)43)33(41)44-16-15-37(19-24-9-6-5-7-10-24)20-25-13-14-28(34)29(35)17-25/h5-14,17-18,21,31H,15-16,19-20H2,1-4H3. The Morgan fingerprint density at radius 2 is 1.69 bits per heavy atom. The highest BCUT2D eigenvalue weighted by atomic mass is 35.5. The van der Waals surface area contributed by atoms with Crippen LogP contribution in [0.1, 0.15) is 50.4 Å². The average molecular weight is 654 g/mol. The summed E-state index contributed by atoms with van der Waals surface area (Å²) < 4.78 is 11.3. The molecule has 1 unspecified atom stereocenters. The van der Waals surface area contributed by atoms with Gasteiger partial charge < -0.3 is 9.47 Å². The molecule has 0 bridgehead atoms. The number of aliphatic imine (C=N–C) groups is 1. The summed E-state index contributed by atoms with van der Waals surface area (Å²) in [6.07, 6.45) is -1.20. The topological polar surface area (TPSA) is 115 Å². The second-order valence-corrected chi connectivity index (χ2v) is 11.6. The van der Waals surface area contributed by atoms with Crippen molar-refractivity contribution in [3.8, 4) is 0 Å². The molecule has 3 aromatic carbocycles. The van der Waals surface area contributed by atoms with Crippen LogP contribution in [0.2, 0.25) is 10.0 Å². The molecule has 0 aromatic heterocycles. The molecular weight excluding hydrogens is 619 g/mol. The number of amides is 1. The van der Waals surface area contributed by atoms with Crippen molar-refractivity contribution in [2.24, 2.45) is 4.99 Å². The second kappa shape index (κ2) is 15.2. The SMILES string of the molecule is CC1=NC(C)=C(C(=O)OC(C)C)C(c2cccc([N+](=O)[O-])c2)N1C(=O)OCCN(Cc1ccccc1)Cc1ccc(Cl)c(Cl)c1. The molecule has 0 aliphatic carbocycles. The Morgan fingerprint density at radius 3 is 2.36 bits per heavy atom. The largest absolute Gasteiger partial charge is 0.459 e. The van der Waals surface area contributed by atoms with Crippen LogP contribution in [0, 0.1) is 10.1 Å². The molecule has 1 aliphatic rings. The van der Waals surface area contributed by atoms with E-state index in [0.717, 1.165) is 11.1 Å². The summed E-state index contributed by atoms with van der Waals surface area (Å²) in [5.41, 5.74) is 2.60. The molecule has 3 aromatic rings. The number of carbonyl (C=O) groups is 2. The van der Waals surface area contributed by atoms with Crippen molar-refractivity contribution in [3.63, 3.8) is 0 Å². The number of hydrogen-bond donors (Lipinski definition) is 0. The van der Waals surface area contributed by atoms with E-state index in [2.05, 4.69) is 9.89 Å². The van der Waals surface area contributed by atoms with Crippen molar-refractivity contribution >= 4 is 46.8 Å². The average Bonchev–Trinajstić information content (AvgIpc) is 2.98. The molecule has 0 radical (unpaired) electrons. The van der Waals surface area contributed by atoms with Crippen LogP contribution in [0.3, 0.4) is 0 Å². The molecule has 1 amide bonds. The zero-order chi connectivity index (χ0) is 32.7. The van der Waals surface area contributed by atoms with Crippen LogP contribution in [0.5, 0.6) is 0 Å². The number of allylic oxidation sites excluding steroid dienone is 1. The molecule has 1 heterocycles. The Balaban J connectivity index is 1.59. The van der Waals surface area contributed by atoms with Crippen LogP contribution in [0.25, 0.3) is 0 Å². The summed E-state index contributed by atoms with van der Waals surface area (Å²) in [7, 11) is 0. The third-order valence-electron chi connectivity index (χ3n) is 7.03. The first kappa shape index (κ1) is 33.6. The van der Waals surface area contributed by atoms with Crippen LogP contribution in [-0.4, -0.2) is 51.9 Å². The van der Waals surface area contributed by atoms with Gasteiger partial charge in [0, 0.05) is 31.8 Å². The minimum Gasteiger partial charge on any atom is -0.459 e. The summed E-state index contributed by atoms with van der Waals surface area (Å²) in [5, 5.41) is 12.5. The number of non-ortho nitro benzene ring substituents is 1. The predicted molar refractivity (Wildman–Crippen MR) is 173 cm³/mol. The highest BCUT2D eigenvalue weighted by Crippen LogP contribution is 2.37. The minimum absolute atomic E-state index is 0.00684. The number of rotatable bonds is 11. The molecule has 12 heteroatoms. The van der Waals surface area contributed by atoms with E-state index in [1.807, 2.05) is 36.4 Å². The lowest BCUT2D eigenvalue weighted by Crippen LogP contribution is -2.44. The van der Waals surface area contributed by atoms with Gasteiger partial charge in [0.15, 0.2) is 0 Å². The van der Waals surface area contributed by atoms with Gasteiger partial charge >= 0.3 is 12.1 Å². The van der Waals surface area contributed by atoms with Crippen molar-refractivity contribution in [2.45, 2.75) is 52.9 Å². The molecule has 1 atom stereocenters. The Hall–Kier alpha value is -4.25. The maximum Gasteiger partial charge on any atom is 0.416 e. The van der Waals surface area contributed by atoms with Crippen molar-refractivity contribution in [1.82, 2.24) is 9.80 Å². The molecule has 0 saturated heterocycles. The van der Waals surface area contributed by atoms with Crippen molar-refractivity contribution in [1.29, 1.82) is 0 Å². The van der Waals surface area contributed by atoms with Crippen molar-refractivity contribution in [2.75, 3.05) is 13.2 Å². The second-order valence-electron chi connectivity index (χ2n) is 10.8. The quantitative estimate of drug-likeness (QED) is 0.118. The van der Waals surface area contributed by atoms with Gasteiger partial charge in [-0.25, -0.2) is 14.6 Å². The molecular formula is C33H34Cl2N4O6. The molecule has 0 fully saturated rings. The fraction of sp³-hybridized carbons (Fsp3) is 0.303. The number of amidine groups is 1. The first-order valence-electron chi connectivity index (χ1n) is 14.3. The molecule has 0 spiro atoms. The molecule has 0 N–H and O–H groups in total. The Kier molecular flexibility index (Phi) is 11.3. The number of nitro groups is 1. The highest BCUT2D eigenvalue weighted by molar-refractivity contribution is 6.42. The van der Waals surface area contributed by atoms with E-state index in [-0.39, 0.29) is 23.7 Å². The van der Waals surface area contributed by atoms with Gasteiger partial charge in [0.05, 0.1) is 32.3 Å². The monoisotopic (exact) mass is 652 g/mol. The normalized spacial score (nSPS) is 14.9. The van der Waals surface area contributed by atoms with Crippen LogP contribution in [0.4, 0.5) is 10.5 Å². The number of nitro benzene ring substituents is 1. The van der Waals surface area contributed by atoms with Gasteiger partial charge in [-0.15, -0.1) is 0 Å². The minimum atomic E-state index is -1.06. The van der Waals surface area contributed by atoms with Gasteiger partial charge in [-0.2, -0.15) is 0 Å². The van der Waals surface area contributed by atoms with E-state index in [1.165, 1.54) is 23.1 Å². The number of hydrogen-bond acceptors (Lipinski definition) is 8. The Bertz CT molecular complexity index is 1630. The third-order valence-corrected chi connectivity index (χ3v) is 7.77. The molecule has 1 aliphatic heterocycles. The van der Waals surface area contributed by atoms with E-state index in [9.17, 15) is 19.7 Å². The van der Waals surface area contributed by atoms with E-state index >= 15 is 0 Å². The maximum absolute atomic E-state index is 13.8. The van der Waals surface area contributed by atoms with E-state index in [1.54, 1.807) is 45.9 Å². The zero-order valence-corrected chi connectivity index (χ0v) is 26.9.